The zero-order chi connectivity index (χ0) is 19.8. The van der Waals surface area contributed by atoms with E-state index in [1.165, 1.54) is 116 Å². The average Bonchev–Trinajstić information content (AvgIpc) is 2.69. The second-order valence-corrected chi connectivity index (χ2v) is 9.45. The summed E-state index contributed by atoms with van der Waals surface area (Å²) in [5.74, 6) is 0. The molecule has 0 aliphatic heterocycles. The van der Waals surface area contributed by atoms with Gasteiger partial charge >= 0.3 is 0 Å². The molecule has 0 aromatic rings. The van der Waals surface area contributed by atoms with E-state index < -0.39 is 5.54 Å². The number of nitrogens with zero attached hydrogens (tertiary/aromatic N) is 3. The van der Waals surface area contributed by atoms with E-state index in [4.69, 9.17) is 10.2 Å². The van der Waals surface area contributed by atoms with E-state index in [1.54, 1.807) is 0 Å². The molecule has 0 heterocycles. The average molecular weight is 388 g/mol. The van der Waals surface area contributed by atoms with Crippen LogP contribution in [0, 0.1) is 11.3 Å². The number of azo groups is 1. The molecule has 0 bridgehead atoms. The third kappa shape index (κ3) is 10.0. The van der Waals surface area contributed by atoms with Gasteiger partial charge in [0.05, 0.1) is 12.1 Å². The Hall–Kier alpha value is -0.910. The molecule has 28 heavy (non-hydrogen) atoms. The number of rotatable bonds is 2. The maximum atomic E-state index is 10.0. The zero-order valence-corrected chi connectivity index (χ0v) is 18.5. The third-order valence-corrected chi connectivity index (χ3v) is 6.88. The first-order valence-electron chi connectivity index (χ1n) is 12.7. The van der Waals surface area contributed by atoms with Crippen LogP contribution in [0.15, 0.2) is 10.2 Å². The van der Waals surface area contributed by atoms with Crippen LogP contribution in [-0.4, -0.2) is 11.6 Å². The van der Waals surface area contributed by atoms with Crippen LogP contribution < -0.4 is 0 Å². The van der Waals surface area contributed by atoms with Crippen LogP contribution in [0.1, 0.15) is 141 Å². The smallest absolute Gasteiger partial charge is 0.167 e. The van der Waals surface area contributed by atoms with Crippen molar-refractivity contribution in [1.82, 2.24) is 0 Å². The molecule has 0 amide bonds. The van der Waals surface area contributed by atoms with Gasteiger partial charge in [0.1, 0.15) is 0 Å². The molecular formula is C25H45N3. The molecule has 2 aliphatic carbocycles. The Morgan fingerprint density at radius 2 is 0.893 bits per heavy atom. The maximum absolute atomic E-state index is 10.0. The fraction of sp³-hybridized carbons (Fsp3) is 0.960. The van der Waals surface area contributed by atoms with Crippen molar-refractivity contribution in [3.05, 3.63) is 0 Å². The van der Waals surface area contributed by atoms with Crippen molar-refractivity contribution in [3.63, 3.8) is 0 Å². The van der Waals surface area contributed by atoms with Gasteiger partial charge in [-0.25, -0.2) is 0 Å². The monoisotopic (exact) mass is 387 g/mol. The summed E-state index contributed by atoms with van der Waals surface area (Å²) in [5, 5.41) is 19.7. The van der Waals surface area contributed by atoms with Crippen LogP contribution in [0.4, 0.5) is 0 Å². The lowest BCUT2D eigenvalue weighted by atomic mass is 9.87. The van der Waals surface area contributed by atoms with Crippen molar-refractivity contribution >= 4 is 0 Å². The quantitative estimate of drug-likeness (QED) is 0.437. The van der Waals surface area contributed by atoms with Gasteiger partial charge < -0.3 is 0 Å². The molecule has 0 atom stereocenters. The lowest BCUT2D eigenvalue weighted by Gasteiger charge is -2.23. The Labute approximate surface area is 174 Å². The second kappa shape index (κ2) is 15.0. The topological polar surface area (TPSA) is 48.5 Å². The minimum atomic E-state index is -0.539. The summed E-state index contributed by atoms with van der Waals surface area (Å²) >= 11 is 0. The molecule has 0 unspecified atom stereocenters. The molecule has 2 rings (SSSR count). The molecule has 2 saturated carbocycles. The minimum Gasteiger partial charge on any atom is -0.196 e. The first kappa shape index (κ1) is 23.4. The summed E-state index contributed by atoms with van der Waals surface area (Å²) in [7, 11) is 0. The lowest BCUT2D eigenvalue weighted by molar-refractivity contribution is 0.372. The highest BCUT2D eigenvalue weighted by Gasteiger charge is 2.29. The van der Waals surface area contributed by atoms with Gasteiger partial charge in [0.25, 0.3) is 0 Å². The van der Waals surface area contributed by atoms with Crippen LogP contribution in [0.3, 0.4) is 0 Å². The standard InChI is InChI=1S/C25H45N3/c26-23-25(21-17-13-9-5-2-6-10-14-18-22-25)28-27-24-19-15-11-7-3-1-4-8-12-16-20-24/h24H,1-22H2. The van der Waals surface area contributed by atoms with Gasteiger partial charge in [0.2, 0.25) is 0 Å². The zero-order valence-electron chi connectivity index (χ0n) is 18.5. The SMILES string of the molecule is N#CC1(N=NC2CCCCCCCCCCC2)CCCCCCCCCCC1. The number of nitriles is 1. The van der Waals surface area contributed by atoms with Gasteiger partial charge in [-0.2, -0.15) is 15.5 Å². The molecule has 2 fully saturated rings. The Morgan fingerprint density at radius 1 is 0.536 bits per heavy atom. The number of hydrogen-bond donors (Lipinski definition) is 0. The summed E-state index contributed by atoms with van der Waals surface area (Å²) in [6.45, 7) is 0. The lowest BCUT2D eigenvalue weighted by Crippen LogP contribution is -2.25. The Morgan fingerprint density at radius 3 is 1.29 bits per heavy atom. The Bertz CT molecular complexity index is 427. The molecule has 0 aromatic heterocycles. The van der Waals surface area contributed by atoms with E-state index >= 15 is 0 Å². The highest BCUT2D eigenvalue weighted by molar-refractivity contribution is 5.06. The van der Waals surface area contributed by atoms with Crippen molar-refractivity contribution in [2.45, 2.75) is 153 Å². The first-order valence-corrected chi connectivity index (χ1v) is 12.7. The highest BCUT2D eigenvalue weighted by Crippen LogP contribution is 2.29. The first-order chi connectivity index (χ1) is 13.8. The summed E-state index contributed by atoms with van der Waals surface area (Å²) < 4.78 is 0. The summed E-state index contributed by atoms with van der Waals surface area (Å²) in [6.07, 6.45) is 28.0. The molecule has 2 aliphatic rings. The van der Waals surface area contributed by atoms with Gasteiger partial charge in [0.15, 0.2) is 5.54 Å². The highest BCUT2D eigenvalue weighted by atomic mass is 15.2. The van der Waals surface area contributed by atoms with Crippen LogP contribution in [0.5, 0.6) is 0 Å². The van der Waals surface area contributed by atoms with Crippen molar-refractivity contribution in [3.8, 4) is 6.07 Å². The van der Waals surface area contributed by atoms with Gasteiger partial charge in [-0.3, -0.25) is 0 Å². The predicted octanol–water partition coefficient (Wildman–Crippen LogP) is 8.68. The van der Waals surface area contributed by atoms with Crippen molar-refractivity contribution in [2.24, 2.45) is 10.2 Å². The second-order valence-electron chi connectivity index (χ2n) is 9.45. The van der Waals surface area contributed by atoms with Gasteiger partial charge in [-0.1, -0.05) is 103 Å². The normalized spacial score (nSPS) is 25.5. The maximum Gasteiger partial charge on any atom is 0.167 e. The van der Waals surface area contributed by atoms with Crippen LogP contribution >= 0.6 is 0 Å². The summed E-state index contributed by atoms with van der Waals surface area (Å²) in [5.41, 5.74) is -0.539. The van der Waals surface area contributed by atoms with E-state index in [0.29, 0.717) is 6.04 Å². The molecular weight excluding hydrogens is 342 g/mol. The van der Waals surface area contributed by atoms with E-state index in [-0.39, 0.29) is 0 Å². The van der Waals surface area contributed by atoms with Crippen LogP contribution in [0.25, 0.3) is 0 Å². The molecule has 0 saturated heterocycles. The third-order valence-electron chi connectivity index (χ3n) is 6.88. The Balaban J connectivity index is 1.95. The molecule has 3 heteroatoms. The summed E-state index contributed by atoms with van der Waals surface area (Å²) in [6, 6.07) is 2.97. The van der Waals surface area contributed by atoms with Gasteiger partial charge in [-0.05, 0) is 38.5 Å². The van der Waals surface area contributed by atoms with Gasteiger partial charge in [0, 0.05) is 0 Å². The van der Waals surface area contributed by atoms with Crippen LogP contribution in [-0.2, 0) is 0 Å². The number of hydrogen-bond acceptors (Lipinski definition) is 3. The van der Waals surface area contributed by atoms with Gasteiger partial charge in [-0.15, -0.1) is 0 Å². The molecule has 0 spiro atoms. The predicted molar refractivity (Wildman–Crippen MR) is 119 cm³/mol. The Kier molecular flexibility index (Phi) is 12.5. The molecule has 0 N–H and O–H groups in total. The van der Waals surface area contributed by atoms with Crippen molar-refractivity contribution in [2.75, 3.05) is 0 Å². The van der Waals surface area contributed by atoms with E-state index in [0.717, 1.165) is 25.7 Å². The van der Waals surface area contributed by atoms with Crippen molar-refractivity contribution < 1.29 is 0 Å². The van der Waals surface area contributed by atoms with E-state index in [2.05, 4.69) is 6.07 Å². The fourth-order valence-electron chi connectivity index (χ4n) is 4.88. The molecule has 160 valence electrons. The van der Waals surface area contributed by atoms with E-state index in [9.17, 15) is 5.26 Å². The largest absolute Gasteiger partial charge is 0.196 e. The summed E-state index contributed by atoms with van der Waals surface area (Å²) in [4.78, 5) is 0. The molecule has 3 nitrogen and oxygen atoms in total. The van der Waals surface area contributed by atoms with Crippen molar-refractivity contribution in [1.29, 1.82) is 5.26 Å². The van der Waals surface area contributed by atoms with Crippen LogP contribution in [0.2, 0.25) is 0 Å². The minimum absolute atomic E-state index is 0.353. The molecule has 0 aromatic carbocycles. The fourth-order valence-corrected chi connectivity index (χ4v) is 4.88. The molecule has 0 radical (unpaired) electrons. The van der Waals surface area contributed by atoms with E-state index in [1.807, 2.05) is 0 Å².